The summed E-state index contributed by atoms with van der Waals surface area (Å²) in [6.45, 7) is 3.78. The van der Waals surface area contributed by atoms with E-state index in [0.717, 1.165) is 5.69 Å². The summed E-state index contributed by atoms with van der Waals surface area (Å²) in [4.78, 5) is 11.6. The molecule has 0 aliphatic rings. The smallest absolute Gasteiger partial charge is 0.338 e. The molecule has 4 nitrogen and oxygen atoms in total. The van der Waals surface area contributed by atoms with E-state index in [1.54, 1.807) is 50.2 Å². The monoisotopic (exact) mass is 332 g/mol. The third-order valence-corrected chi connectivity index (χ3v) is 3.27. The van der Waals surface area contributed by atoms with E-state index < -0.39 is 0 Å². The second kappa shape index (κ2) is 7.69. The van der Waals surface area contributed by atoms with E-state index in [1.165, 1.54) is 6.07 Å². The molecule has 2 aromatic carbocycles. The lowest BCUT2D eigenvalue weighted by atomic mass is 10.2. The lowest BCUT2D eigenvalue weighted by Gasteiger charge is -2.11. The Morgan fingerprint density at radius 1 is 1.13 bits per heavy atom. The van der Waals surface area contributed by atoms with E-state index in [9.17, 15) is 9.18 Å². The molecule has 0 spiro atoms. The number of rotatable bonds is 4. The fourth-order valence-electron chi connectivity index (χ4n) is 1.92. The number of carbonyl (C=O) groups excluding carboxylic acids is 1. The van der Waals surface area contributed by atoms with Crippen LogP contribution in [0.25, 0.3) is 0 Å². The Labute approximate surface area is 139 Å². The van der Waals surface area contributed by atoms with E-state index in [0.29, 0.717) is 28.5 Å². The van der Waals surface area contributed by atoms with Gasteiger partial charge < -0.3 is 15.4 Å². The fourth-order valence-corrected chi connectivity index (χ4v) is 2.16. The standard InChI is InChI=1S/C17H17FN2O2S/c1-3-22-16(21)12-4-6-13(7-5-12)19-17(23)20-14-8-9-15(18)11(2)10-14/h4-10H,3H2,1-2H3,(H2,19,20,23). The Morgan fingerprint density at radius 3 is 2.35 bits per heavy atom. The Bertz CT molecular complexity index is 717. The van der Waals surface area contributed by atoms with Crippen LogP contribution in [0.15, 0.2) is 42.5 Å². The molecule has 0 aromatic heterocycles. The first-order valence-corrected chi connectivity index (χ1v) is 7.51. The van der Waals surface area contributed by atoms with Crippen LogP contribution in [0.2, 0.25) is 0 Å². The molecule has 2 rings (SSSR count). The highest BCUT2D eigenvalue weighted by Crippen LogP contribution is 2.15. The Kier molecular flexibility index (Phi) is 5.65. The number of aryl methyl sites for hydroxylation is 1. The van der Waals surface area contributed by atoms with Crippen molar-refractivity contribution in [1.29, 1.82) is 0 Å². The van der Waals surface area contributed by atoms with Gasteiger partial charge in [-0.1, -0.05) is 0 Å². The Balaban J connectivity index is 1.97. The molecule has 2 N–H and O–H groups in total. The van der Waals surface area contributed by atoms with E-state index in [-0.39, 0.29) is 11.8 Å². The number of halogens is 1. The molecular weight excluding hydrogens is 315 g/mol. The van der Waals surface area contributed by atoms with Crippen LogP contribution in [0.4, 0.5) is 15.8 Å². The minimum Gasteiger partial charge on any atom is -0.462 e. The molecule has 0 bridgehead atoms. The molecule has 6 heteroatoms. The fraction of sp³-hybridized carbons (Fsp3) is 0.176. The molecule has 0 atom stereocenters. The first-order chi connectivity index (χ1) is 11.0. The highest BCUT2D eigenvalue weighted by molar-refractivity contribution is 7.80. The van der Waals surface area contributed by atoms with Gasteiger partial charge in [0.05, 0.1) is 12.2 Å². The predicted octanol–water partition coefficient (Wildman–Crippen LogP) is 4.12. The third kappa shape index (κ3) is 4.75. The van der Waals surface area contributed by atoms with Crippen molar-refractivity contribution in [2.45, 2.75) is 13.8 Å². The van der Waals surface area contributed by atoms with E-state index in [1.807, 2.05) is 0 Å². The van der Waals surface area contributed by atoms with Crippen molar-refractivity contribution in [2.75, 3.05) is 17.2 Å². The van der Waals surface area contributed by atoms with Gasteiger partial charge in [0.2, 0.25) is 0 Å². The lowest BCUT2D eigenvalue weighted by Crippen LogP contribution is -2.19. The number of hydrogen-bond acceptors (Lipinski definition) is 3. The van der Waals surface area contributed by atoms with Gasteiger partial charge in [0, 0.05) is 11.4 Å². The quantitative estimate of drug-likeness (QED) is 0.651. The second-order valence-corrected chi connectivity index (χ2v) is 5.25. The van der Waals surface area contributed by atoms with Crippen molar-refractivity contribution in [2.24, 2.45) is 0 Å². The number of hydrogen-bond donors (Lipinski definition) is 2. The highest BCUT2D eigenvalue weighted by Gasteiger charge is 2.06. The van der Waals surface area contributed by atoms with Crippen LogP contribution >= 0.6 is 12.2 Å². The van der Waals surface area contributed by atoms with Crippen LogP contribution in [0.3, 0.4) is 0 Å². The Hall–Kier alpha value is -2.47. The minimum absolute atomic E-state index is 0.260. The van der Waals surface area contributed by atoms with Crippen molar-refractivity contribution in [3.05, 3.63) is 59.4 Å². The van der Waals surface area contributed by atoms with Crippen LogP contribution in [0.1, 0.15) is 22.8 Å². The highest BCUT2D eigenvalue weighted by atomic mass is 32.1. The zero-order valence-corrected chi connectivity index (χ0v) is 13.7. The minimum atomic E-state index is -0.360. The van der Waals surface area contributed by atoms with Crippen LogP contribution < -0.4 is 10.6 Å². The second-order valence-electron chi connectivity index (χ2n) is 4.84. The molecule has 0 aliphatic heterocycles. The van der Waals surface area contributed by atoms with Crippen LogP contribution in [-0.4, -0.2) is 17.7 Å². The third-order valence-electron chi connectivity index (χ3n) is 3.07. The molecule has 120 valence electrons. The van der Waals surface area contributed by atoms with Crippen molar-refractivity contribution in [1.82, 2.24) is 0 Å². The molecule has 0 heterocycles. The molecule has 0 saturated heterocycles. The molecule has 0 saturated carbocycles. The number of nitrogens with one attached hydrogen (secondary N) is 2. The normalized spacial score (nSPS) is 10.0. The summed E-state index contributed by atoms with van der Waals surface area (Å²) in [6.07, 6.45) is 0. The largest absolute Gasteiger partial charge is 0.462 e. The zero-order chi connectivity index (χ0) is 16.8. The first-order valence-electron chi connectivity index (χ1n) is 7.11. The Morgan fingerprint density at radius 2 is 1.74 bits per heavy atom. The number of ether oxygens (including phenoxy) is 1. The van der Waals surface area contributed by atoms with Crippen LogP contribution in [0.5, 0.6) is 0 Å². The lowest BCUT2D eigenvalue weighted by molar-refractivity contribution is 0.0526. The number of carbonyl (C=O) groups is 1. The molecule has 0 fully saturated rings. The van der Waals surface area contributed by atoms with Gasteiger partial charge in [-0.15, -0.1) is 0 Å². The molecule has 0 radical (unpaired) electrons. The first kappa shape index (κ1) is 16.9. The van der Waals surface area contributed by atoms with E-state index in [4.69, 9.17) is 17.0 Å². The number of benzene rings is 2. The summed E-state index contributed by atoms with van der Waals surface area (Å²) in [5, 5.41) is 6.35. The molecular formula is C17H17FN2O2S. The van der Waals surface area contributed by atoms with Gasteiger partial charge in [-0.2, -0.15) is 0 Å². The summed E-state index contributed by atoms with van der Waals surface area (Å²) in [6, 6.07) is 11.4. The van der Waals surface area contributed by atoms with Crippen molar-refractivity contribution >= 4 is 34.7 Å². The molecule has 23 heavy (non-hydrogen) atoms. The maximum atomic E-state index is 13.2. The zero-order valence-electron chi connectivity index (χ0n) is 12.9. The van der Waals surface area contributed by atoms with Crippen LogP contribution in [-0.2, 0) is 4.74 Å². The maximum Gasteiger partial charge on any atom is 0.338 e. The summed E-state index contributed by atoms with van der Waals surface area (Å²) in [7, 11) is 0. The molecule has 0 amide bonds. The number of thiocarbonyl (C=S) groups is 1. The van der Waals surface area contributed by atoms with Gasteiger partial charge in [-0.05, 0) is 74.1 Å². The van der Waals surface area contributed by atoms with Gasteiger partial charge >= 0.3 is 5.97 Å². The van der Waals surface area contributed by atoms with Gasteiger partial charge in [-0.25, -0.2) is 9.18 Å². The van der Waals surface area contributed by atoms with Crippen LogP contribution in [0, 0.1) is 12.7 Å². The van der Waals surface area contributed by atoms with Gasteiger partial charge in [0.25, 0.3) is 0 Å². The number of esters is 1. The topological polar surface area (TPSA) is 50.4 Å². The number of anilines is 2. The maximum absolute atomic E-state index is 13.2. The van der Waals surface area contributed by atoms with Crippen molar-refractivity contribution < 1.29 is 13.9 Å². The summed E-state index contributed by atoms with van der Waals surface area (Å²) in [5.74, 6) is -0.620. The average Bonchev–Trinajstić information content (AvgIpc) is 2.52. The molecule has 0 unspecified atom stereocenters. The van der Waals surface area contributed by atoms with Crippen molar-refractivity contribution in [3.8, 4) is 0 Å². The average molecular weight is 332 g/mol. The van der Waals surface area contributed by atoms with Crippen molar-refractivity contribution in [3.63, 3.8) is 0 Å². The predicted molar refractivity (Wildman–Crippen MR) is 93.4 cm³/mol. The van der Waals surface area contributed by atoms with Gasteiger partial charge in [-0.3, -0.25) is 0 Å². The van der Waals surface area contributed by atoms with Gasteiger partial charge in [0.1, 0.15) is 5.82 Å². The molecule has 0 aliphatic carbocycles. The van der Waals surface area contributed by atoms with Gasteiger partial charge in [0.15, 0.2) is 5.11 Å². The SMILES string of the molecule is CCOC(=O)c1ccc(NC(=S)Nc2ccc(F)c(C)c2)cc1. The van der Waals surface area contributed by atoms with E-state index >= 15 is 0 Å². The summed E-state index contributed by atoms with van der Waals surface area (Å²) < 4.78 is 18.1. The summed E-state index contributed by atoms with van der Waals surface area (Å²) in [5.41, 5.74) is 2.45. The molecule has 2 aromatic rings. The van der Waals surface area contributed by atoms with E-state index in [2.05, 4.69) is 10.6 Å². The summed E-state index contributed by atoms with van der Waals surface area (Å²) >= 11 is 5.21.